The van der Waals surface area contributed by atoms with Crippen LogP contribution < -0.4 is 9.47 Å². The number of phenols is 1. The van der Waals surface area contributed by atoms with E-state index in [2.05, 4.69) is 4.98 Å². The zero-order valence-corrected chi connectivity index (χ0v) is 18.8. The van der Waals surface area contributed by atoms with Gasteiger partial charge < -0.3 is 24.6 Å². The number of hydrogen-bond acceptors (Lipinski definition) is 7. The summed E-state index contributed by atoms with van der Waals surface area (Å²) >= 11 is 0. The van der Waals surface area contributed by atoms with Crippen molar-refractivity contribution in [3.8, 4) is 17.2 Å². The maximum Gasteiger partial charge on any atom is 0.295 e. The number of rotatable bonds is 7. The van der Waals surface area contributed by atoms with Crippen molar-refractivity contribution in [2.75, 3.05) is 13.7 Å². The Morgan fingerprint density at radius 2 is 1.85 bits per heavy atom. The first kappa shape index (κ1) is 22.8. The van der Waals surface area contributed by atoms with E-state index in [4.69, 9.17) is 9.47 Å². The first-order valence-electron chi connectivity index (χ1n) is 10.7. The van der Waals surface area contributed by atoms with Crippen LogP contribution in [0.4, 0.5) is 0 Å². The number of nitrogens with zero attached hydrogens (tertiary/aromatic N) is 2. The third-order valence-electron chi connectivity index (χ3n) is 5.58. The smallest absolute Gasteiger partial charge is 0.295 e. The fraction of sp³-hybridized carbons (Fsp3) is 0.192. The van der Waals surface area contributed by atoms with Gasteiger partial charge in [-0.25, -0.2) is 0 Å². The number of aliphatic hydroxyl groups is 1. The number of aromatic hydroxyl groups is 1. The van der Waals surface area contributed by atoms with Crippen LogP contribution in [0.5, 0.6) is 17.2 Å². The van der Waals surface area contributed by atoms with E-state index >= 15 is 0 Å². The highest BCUT2D eigenvalue weighted by Crippen LogP contribution is 2.42. The van der Waals surface area contributed by atoms with Gasteiger partial charge in [0.25, 0.3) is 11.7 Å². The minimum Gasteiger partial charge on any atom is -0.507 e. The Hall–Kier alpha value is -4.33. The zero-order valence-electron chi connectivity index (χ0n) is 18.8. The number of likely N-dealkylation sites (tertiary alicyclic amines) is 1. The molecule has 3 aromatic rings. The van der Waals surface area contributed by atoms with Crippen LogP contribution in [0.3, 0.4) is 0 Å². The highest BCUT2D eigenvalue weighted by Gasteiger charge is 2.46. The fourth-order valence-corrected chi connectivity index (χ4v) is 3.97. The summed E-state index contributed by atoms with van der Waals surface area (Å²) in [5.74, 6) is -1.21. The first-order chi connectivity index (χ1) is 16.4. The molecule has 1 aliphatic rings. The van der Waals surface area contributed by atoms with Gasteiger partial charge in [-0.05, 0) is 54.4 Å². The van der Waals surface area contributed by atoms with Crippen molar-refractivity contribution >= 4 is 17.4 Å². The lowest BCUT2D eigenvalue weighted by Crippen LogP contribution is -2.29. The number of methoxy groups -OCH3 is 1. The number of ether oxygens (including phenoxy) is 2. The second-order valence-corrected chi connectivity index (χ2v) is 7.67. The van der Waals surface area contributed by atoms with Gasteiger partial charge in [-0.2, -0.15) is 0 Å². The number of carbonyl (C=O) groups is 2. The lowest BCUT2D eigenvalue weighted by Gasteiger charge is -2.26. The summed E-state index contributed by atoms with van der Waals surface area (Å²) in [6.45, 7) is 2.22. The van der Waals surface area contributed by atoms with E-state index in [0.717, 1.165) is 5.56 Å². The molecule has 1 aliphatic heterocycles. The Kier molecular flexibility index (Phi) is 6.49. The quantitative estimate of drug-likeness (QED) is 0.313. The molecule has 174 valence electrons. The minimum atomic E-state index is -0.904. The van der Waals surface area contributed by atoms with E-state index in [-0.39, 0.29) is 29.4 Å². The van der Waals surface area contributed by atoms with Crippen molar-refractivity contribution in [3.05, 3.63) is 89.3 Å². The van der Waals surface area contributed by atoms with Crippen molar-refractivity contribution < 1.29 is 29.3 Å². The molecule has 4 rings (SSSR count). The normalized spacial score (nSPS) is 17.1. The molecule has 2 heterocycles. The van der Waals surface area contributed by atoms with E-state index in [1.54, 1.807) is 67.8 Å². The van der Waals surface area contributed by atoms with Crippen LogP contribution in [0, 0.1) is 0 Å². The molecule has 0 bridgehead atoms. The molecule has 2 aromatic carbocycles. The van der Waals surface area contributed by atoms with E-state index in [0.29, 0.717) is 23.5 Å². The fourth-order valence-electron chi connectivity index (χ4n) is 3.97. The van der Waals surface area contributed by atoms with E-state index < -0.39 is 17.7 Å². The molecule has 1 aromatic heterocycles. The summed E-state index contributed by atoms with van der Waals surface area (Å²) in [7, 11) is 1.50. The molecule has 0 radical (unpaired) electrons. The molecule has 1 atom stereocenters. The molecule has 1 unspecified atom stereocenters. The number of ketones is 1. The highest BCUT2D eigenvalue weighted by atomic mass is 16.5. The predicted octanol–water partition coefficient (Wildman–Crippen LogP) is 3.82. The molecule has 8 nitrogen and oxygen atoms in total. The molecular formula is C26H24N2O6. The van der Waals surface area contributed by atoms with Gasteiger partial charge in [0, 0.05) is 24.5 Å². The van der Waals surface area contributed by atoms with E-state index in [1.165, 1.54) is 18.1 Å². The Balaban J connectivity index is 1.89. The summed E-state index contributed by atoms with van der Waals surface area (Å²) in [6.07, 6.45) is 3.20. The zero-order chi connectivity index (χ0) is 24.2. The number of benzene rings is 2. The number of hydrogen-bond donors (Lipinski definition) is 2. The largest absolute Gasteiger partial charge is 0.507 e. The molecule has 0 saturated carbocycles. The van der Waals surface area contributed by atoms with Gasteiger partial charge in [-0.3, -0.25) is 14.6 Å². The number of aromatic nitrogens is 1. The third kappa shape index (κ3) is 4.30. The van der Waals surface area contributed by atoms with Crippen molar-refractivity contribution in [2.24, 2.45) is 0 Å². The lowest BCUT2D eigenvalue weighted by molar-refractivity contribution is -0.140. The molecule has 2 N–H and O–H groups in total. The molecule has 0 spiro atoms. The maximum atomic E-state index is 13.2. The first-order valence-corrected chi connectivity index (χ1v) is 10.7. The van der Waals surface area contributed by atoms with Crippen molar-refractivity contribution in [1.82, 2.24) is 9.88 Å². The molecule has 1 fully saturated rings. The number of Topliss-reactive ketones (excluding diaryl/α,β-unsaturated/α-hetero) is 1. The summed E-state index contributed by atoms with van der Waals surface area (Å²) in [5.41, 5.74) is 1.57. The van der Waals surface area contributed by atoms with Crippen LogP contribution >= 0.6 is 0 Å². The standard InChI is InChI=1S/C26H24N2O6/c1-3-34-21-14-17(7-8-20(21)29)23-22(24(30)18-5-4-6-19(13-18)33-2)25(31)26(32)28(23)15-16-9-11-27-12-10-16/h4-14,23,29-30H,3,15H2,1-2H3/b24-22+. The molecular weight excluding hydrogens is 436 g/mol. The van der Waals surface area contributed by atoms with Crippen molar-refractivity contribution in [2.45, 2.75) is 19.5 Å². The average molecular weight is 460 g/mol. The van der Waals surface area contributed by atoms with Crippen LogP contribution in [0.2, 0.25) is 0 Å². The van der Waals surface area contributed by atoms with Gasteiger partial charge in [-0.15, -0.1) is 0 Å². The highest BCUT2D eigenvalue weighted by molar-refractivity contribution is 6.46. The van der Waals surface area contributed by atoms with Gasteiger partial charge in [-0.1, -0.05) is 18.2 Å². The number of phenolic OH excluding ortho intramolecular Hbond substituents is 1. The monoisotopic (exact) mass is 460 g/mol. The van der Waals surface area contributed by atoms with Crippen LogP contribution in [0.1, 0.15) is 29.7 Å². The molecule has 1 saturated heterocycles. The van der Waals surface area contributed by atoms with Crippen LogP contribution in [0.15, 0.2) is 72.6 Å². The Labute approximate surface area is 196 Å². The summed E-state index contributed by atoms with van der Waals surface area (Å²) in [6, 6.07) is 13.8. The van der Waals surface area contributed by atoms with Crippen molar-refractivity contribution in [3.63, 3.8) is 0 Å². The molecule has 1 amide bonds. The van der Waals surface area contributed by atoms with Crippen molar-refractivity contribution in [1.29, 1.82) is 0 Å². The van der Waals surface area contributed by atoms with Gasteiger partial charge >= 0.3 is 0 Å². The number of pyridine rings is 1. The summed E-state index contributed by atoms with van der Waals surface area (Å²) in [5, 5.41) is 21.4. The van der Waals surface area contributed by atoms with Gasteiger partial charge in [0.2, 0.25) is 0 Å². The second-order valence-electron chi connectivity index (χ2n) is 7.67. The molecule has 34 heavy (non-hydrogen) atoms. The van der Waals surface area contributed by atoms with E-state index in [1.807, 2.05) is 0 Å². The number of aliphatic hydroxyl groups excluding tert-OH is 1. The summed E-state index contributed by atoms with van der Waals surface area (Å²) in [4.78, 5) is 31.7. The Morgan fingerprint density at radius 3 is 2.56 bits per heavy atom. The third-order valence-corrected chi connectivity index (χ3v) is 5.58. The lowest BCUT2D eigenvalue weighted by atomic mass is 9.94. The van der Waals surface area contributed by atoms with Gasteiger partial charge in [0.05, 0.1) is 25.3 Å². The van der Waals surface area contributed by atoms with Crippen LogP contribution in [0.25, 0.3) is 5.76 Å². The molecule has 0 aliphatic carbocycles. The van der Waals surface area contributed by atoms with Gasteiger partial charge in [0.1, 0.15) is 11.5 Å². The second kappa shape index (κ2) is 9.66. The topological polar surface area (TPSA) is 109 Å². The van der Waals surface area contributed by atoms with Crippen LogP contribution in [-0.2, 0) is 16.1 Å². The van der Waals surface area contributed by atoms with E-state index in [9.17, 15) is 19.8 Å². The van der Waals surface area contributed by atoms with Crippen LogP contribution in [-0.4, -0.2) is 45.5 Å². The SMILES string of the molecule is CCOc1cc(C2/C(=C(\O)c3cccc(OC)c3)C(=O)C(=O)N2Cc2ccncc2)ccc1O. The molecule has 8 heteroatoms. The minimum absolute atomic E-state index is 0.0551. The Morgan fingerprint density at radius 1 is 1.09 bits per heavy atom. The summed E-state index contributed by atoms with van der Waals surface area (Å²) < 4.78 is 10.7. The number of carbonyl (C=O) groups excluding carboxylic acids is 2. The number of amides is 1. The maximum absolute atomic E-state index is 13.2. The van der Waals surface area contributed by atoms with Gasteiger partial charge in [0.15, 0.2) is 11.5 Å². The average Bonchev–Trinajstić information content (AvgIpc) is 3.10. The predicted molar refractivity (Wildman–Crippen MR) is 124 cm³/mol. The Bertz CT molecular complexity index is 1260.